The summed E-state index contributed by atoms with van der Waals surface area (Å²) in [6, 6.07) is 0.653. The molecule has 0 aliphatic carbocycles. The van der Waals surface area contributed by atoms with Crippen molar-refractivity contribution in [3.8, 4) is 0 Å². The first kappa shape index (κ1) is 12.2. The highest BCUT2D eigenvalue weighted by molar-refractivity contribution is 4.99. The molecular formula is C14H24N4. The number of hydrogen-bond acceptors (Lipinski definition) is 3. The molecule has 2 atom stereocenters. The summed E-state index contributed by atoms with van der Waals surface area (Å²) in [7, 11) is 2.24. The third-order valence-electron chi connectivity index (χ3n) is 4.50. The highest BCUT2D eigenvalue weighted by atomic mass is 15.4. The summed E-state index contributed by atoms with van der Waals surface area (Å²) in [6.45, 7) is 4.60. The average Bonchev–Trinajstić information content (AvgIpc) is 2.73. The van der Waals surface area contributed by atoms with Crippen molar-refractivity contribution in [2.45, 2.75) is 58.0 Å². The number of likely N-dealkylation sites (N-methyl/N-ethyl adjacent to an activating group) is 1. The second kappa shape index (κ2) is 5.00. The molecule has 2 aliphatic rings. The normalized spacial score (nSPS) is 29.2. The van der Waals surface area contributed by atoms with E-state index in [-0.39, 0.29) is 0 Å². The molecular weight excluding hydrogens is 224 g/mol. The van der Waals surface area contributed by atoms with Crippen LogP contribution in [0.4, 0.5) is 0 Å². The molecule has 4 nitrogen and oxygen atoms in total. The number of likely N-dealkylation sites (tertiary alicyclic amines) is 1. The molecule has 0 bridgehead atoms. The van der Waals surface area contributed by atoms with E-state index in [0.29, 0.717) is 6.04 Å². The van der Waals surface area contributed by atoms with Gasteiger partial charge >= 0.3 is 0 Å². The fraction of sp³-hybridized carbons (Fsp3) is 0.857. The van der Waals surface area contributed by atoms with Crippen molar-refractivity contribution in [3.05, 3.63) is 11.6 Å². The van der Waals surface area contributed by atoms with E-state index < -0.39 is 0 Å². The standard InChI is InChI=1S/C14H24N4/c1-11-6-8-18-14(9-11)15-13(16-18)10-12-5-3-4-7-17(12)2/h11-12H,3-10H2,1-2H3. The van der Waals surface area contributed by atoms with Gasteiger partial charge in [0, 0.05) is 25.4 Å². The maximum absolute atomic E-state index is 4.75. The topological polar surface area (TPSA) is 34.0 Å². The van der Waals surface area contributed by atoms with Gasteiger partial charge in [-0.1, -0.05) is 13.3 Å². The van der Waals surface area contributed by atoms with Crippen LogP contribution in [0.1, 0.15) is 44.3 Å². The molecule has 4 heteroatoms. The van der Waals surface area contributed by atoms with Crippen LogP contribution in [-0.2, 0) is 19.4 Å². The van der Waals surface area contributed by atoms with Crippen molar-refractivity contribution >= 4 is 0 Å². The summed E-state index contributed by atoms with van der Waals surface area (Å²) in [5.74, 6) is 3.05. The molecule has 2 aliphatic heterocycles. The average molecular weight is 248 g/mol. The summed E-state index contributed by atoms with van der Waals surface area (Å²) in [5.41, 5.74) is 0. The maximum Gasteiger partial charge on any atom is 0.152 e. The molecule has 1 aromatic heterocycles. The van der Waals surface area contributed by atoms with E-state index in [9.17, 15) is 0 Å². The van der Waals surface area contributed by atoms with Gasteiger partial charge in [-0.2, -0.15) is 5.10 Å². The second-order valence-electron chi connectivity index (χ2n) is 6.10. The molecule has 2 unspecified atom stereocenters. The Morgan fingerprint density at radius 1 is 1.22 bits per heavy atom. The number of nitrogens with zero attached hydrogens (tertiary/aromatic N) is 4. The van der Waals surface area contributed by atoms with Crippen LogP contribution in [0.15, 0.2) is 0 Å². The molecule has 1 fully saturated rings. The summed E-state index contributed by atoms with van der Waals surface area (Å²) >= 11 is 0. The SMILES string of the molecule is CC1CCn2nc(CC3CCCCN3C)nc2C1. The van der Waals surface area contributed by atoms with E-state index in [1.807, 2.05) is 0 Å². The lowest BCUT2D eigenvalue weighted by Gasteiger charge is -2.31. The van der Waals surface area contributed by atoms with Gasteiger partial charge in [0.05, 0.1) is 0 Å². The quantitative estimate of drug-likeness (QED) is 0.801. The lowest BCUT2D eigenvalue weighted by Crippen LogP contribution is -2.37. The van der Waals surface area contributed by atoms with Gasteiger partial charge in [-0.25, -0.2) is 9.67 Å². The highest BCUT2D eigenvalue weighted by Gasteiger charge is 2.23. The lowest BCUT2D eigenvalue weighted by molar-refractivity contribution is 0.182. The minimum Gasteiger partial charge on any atom is -0.303 e. The second-order valence-corrected chi connectivity index (χ2v) is 6.10. The molecule has 0 spiro atoms. The van der Waals surface area contributed by atoms with E-state index >= 15 is 0 Å². The van der Waals surface area contributed by atoms with Gasteiger partial charge in [0.1, 0.15) is 5.82 Å². The Morgan fingerprint density at radius 3 is 2.94 bits per heavy atom. The van der Waals surface area contributed by atoms with Crippen molar-refractivity contribution in [1.82, 2.24) is 19.7 Å². The van der Waals surface area contributed by atoms with Crippen LogP contribution in [0.5, 0.6) is 0 Å². The molecule has 0 aromatic carbocycles. The fourth-order valence-corrected chi connectivity index (χ4v) is 3.21. The van der Waals surface area contributed by atoms with Gasteiger partial charge in [-0.15, -0.1) is 0 Å². The maximum atomic E-state index is 4.75. The fourth-order valence-electron chi connectivity index (χ4n) is 3.21. The minimum atomic E-state index is 0.653. The molecule has 1 saturated heterocycles. The lowest BCUT2D eigenvalue weighted by atomic mass is 10.00. The Labute approximate surface area is 109 Å². The molecule has 3 rings (SSSR count). The highest BCUT2D eigenvalue weighted by Crippen LogP contribution is 2.21. The Balaban J connectivity index is 1.69. The number of hydrogen-bond donors (Lipinski definition) is 0. The molecule has 0 saturated carbocycles. The van der Waals surface area contributed by atoms with E-state index in [1.54, 1.807) is 0 Å². The smallest absolute Gasteiger partial charge is 0.152 e. The van der Waals surface area contributed by atoms with Crippen LogP contribution >= 0.6 is 0 Å². The Kier molecular flexibility index (Phi) is 3.37. The Hall–Kier alpha value is -0.900. The van der Waals surface area contributed by atoms with Crippen LogP contribution in [0.3, 0.4) is 0 Å². The largest absolute Gasteiger partial charge is 0.303 e. The molecule has 1 aromatic rings. The zero-order valence-electron chi connectivity index (χ0n) is 11.6. The van der Waals surface area contributed by atoms with Gasteiger partial charge in [0.25, 0.3) is 0 Å². The van der Waals surface area contributed by atoms with Gasteiger partial charge in [-0.3, -0.25) is 0 Å². The number of fused-ring (bicyclic) bond motifs is 1. The van der Waals surface area contributed by atoms with Gasteiger partial charge in [0.15, 0.2) is 5.82 Å². The third kappa shape index (κ3) is 2.44. The van der Waals surface area contributed by atoms with Gasteiger partial charge in [0.2, 0.25) is 0 Å². The minimum absolute atomic E-state index is 0.653. The van der Waals surface area contributed by atoms with Gasteiger partial charge < -0.3 is 4.90 Å². The van der Waals surface area contributed by atoms with Crippen LogP contribution in [0.25, 0.3) is 0 Å². The Morgan fingerprint density at radius 2 is 2.11 bits per heavy atom. The zero-order chi connectivity index (χ0) is 12.5. The monoisotopic (exact) mass is 248 g/mol. The Bertz CT molecular complexity index is 412. The van der Waals surface area contributed by atoms with Gasteiger partial charge in [-0.05, 0) is 38.8 Å². The van der Waals surface area contributed by atoms with Crippen molar-refractivity contribution in [2.75, 3.05) is 13.6 Å². The van der Waals surface area contributed by atoms with E-state index in [4.69, 9.17) is 10.1 Å². The molecule has 0 radical (unpaired) electrons. The summed E-state index contributed by atoms with van der Waals surface area (Å²) in [4.78, 5) is 7.23. The summed E-state index contributed by atoms with van der Waals surface area (Å²) in [6.07, 6.45) is 7.39. The number of aryl methyl sites for hydroxylation is 1. The summed E-state index contributed by atoms with van der Waals surface area (Å²) < 4.78 is 2.14. The first-order valence-electron chi connectivity index (χ1n) is 7.35. The van der Waals surface area contributed by atoms with E-state index in [0.717, 1.165) is 31.1 Å². The first-order valence-corrected chi connectivity index (χ1v) is 7.35. The van der Waals surface area contributed by atoms with E-state index in [2.05, 4.69) is 23.6 Å². The number of rotatable bonds is 2. The molecule has 3 heterocycles. The molecule has 100 valence electrons. The number of piperidine rings is 1. The third-order valence-corrected chi connectivity index (χ3v) is 4.50. The summed E-state index contributed by atoms with van der Waals surface area (Å²) in [5, 5.41) is 4.69. The predicted octanol–water partition coefficient (Wildman–Crippen LogP) is 1.89. The van der Waals surface area contributed by atoms with Crippen molar-refractivity contribution in [1.29, 1.82) is 0 Å². The van der Waals surface area contributed by atoms with Crippen LogP contribution in [0.2, 0.25) is 0 Å². The van der Waals surface area contributed by atoms with Crippen molar-refractivity contribution in [2.24, 2.45) is 5.92 Å². The first-order chi connectivity index (χ1) is 8.72. The van der Waals surface area contributed by atoms with Crippen molar-refractivity contribution in [3.63, 3.8) is 0 Å². The molecule has 0 N–H and O–H groups in total. The van der Waals surface area contributed by atoms with Crippen LogP contribution < -0.4 is 0 Å². The van der Waals surface area contributed by atoms with E-state index in [1.165, 1.54) is 38.1 Å². The molecule has 0 amide bonds. The van der Waals surface area contributed by atoms with Crippen molar-refractivity contribution < 1.29 is 0 Å². The van der Waals surface area contributed by atoms with Crippen LogP contribution in [-0.4, -0.2) is 39.3 Å². The number of aromatic nitrogens is 3. The van der Waals surface area contributed by atoms with Crippen LogP contribution in [0, 0.1) is 5.92 Å². The molecule has 18 heavy (non-hydrogen) atoms. The zero-order valence-corrected chi connectivity index (χ0v) is 11.6. The predicted molar refractivity (Wildman–Crippen MR) is 71.5 cm³/mol.